The monoisotopic (exact) mass is 1060 g/mol. The summed E-state index contributed by atoms with van der Waals surface area (Å²) >= 11 is 6.49. The van der Waals surface area contributed by atoms with E-state index in [4.69, 9.17) is 46.5 Å². The Morgan fingerprint density at radius 3 is 1.03 bits per heavy atom. The quantitative estimate of drug-likeness (QED) is 0.0261. The topological polar surface area (TPSA) is 144 Å². The summed E-state index contributed by atoms with van der Waals surface area (Å²) in [6, 6.07) is 16.7. The van der Waals surface area contributed by atoms with Gasteiger partial charge in [0.15, 0.2) is 40.8 Å². The number of benzene rings is 3. The first-order chi connectivity index (χ1) is 30.9. The van der Waals surface area contributed by atoms with Crippen molar-refractivity contribution in [2.75, 3.05) is 92.1 Å². The van der Waals surface area contributed by atoms with Gasteiger partial charge in [0, 0.05) is 21.8 Å². The molecule has 0 amide bonds. The first-order valence-corrected chi connectivity index (χ1v) is 25.9. The first kappa shape index (κ1) is 60.1. The number of rotatable bonds is 25. The molecule has 0 aromatic heterocycles. The molecular formula is C47H66Br2O13P2. The fraction of sp³-hybridized carbons (Fsp3) is 0.383. The number of ether oxygens (including phenoxy) is 6. The fourth-order valence-corrected chi connectivity index (χ4v) is 8.63. The molecule has 0 fully saturated rings. The highest BCUT2D eigenvalue weighted by atomic mass is 79.9. The van der Waals surface area contributed by atoms with Crippen molar-refractivity contribution in [2.45, 2.75) is 27.7 Å². The lowest BCUT2D eigenvalue weighted by molar-refractivity contribution is 0.111. The Bertz CT molecular complexity index is 1860. The minimum absolute atomic E-state index is 0.146. The number of para-hydroxylation sites is 3. The Hall–Kier alpha value is -3.91. The van der Waals surface area contributed by atoms with Gasteiger partial charge in [-0.15, -0.1) is 0 Å². The van der Waals surface area contributed by atoms with E-state index in [2.05, 4.69) is 44.0 Å². The van der Waals surface area contributed by atoms with Gasteiger partial charge in [-0.3, -0.25) is 13.9 Å². The second-order valence-electron chi connectivity index (χ2n) is 12.0. The molecule has 3 aromatic carbocycles. The van der Waals surface area contributed by atoms with Crippen LogP contribution in [-0.2, 0) is 27.2 Å². The maximum Gasteiger partial charge on any atom is 0.334 e. The van der Waals surface area contributed by atoms with E-state index in [1.165, 1.54) is 14.2 Å². The number of halogens is 2. The van der Waals surface area contributed by atoms with Crippen LogP contribution >= 0.6 is 47.1 Å². The minimum atomic E-state index is -3.09. The van der Waals surface area contributed by atoms with Gasteiger partial charge in [0.1, 0.15) is 0 Å². The van der Waals surface area contributed by atoms with Gasteiger partial charge in [0.05, 0.1) is 87.0 Å². The number of carbonyl (C=O) groups is 1. The lowest BCUT2D eigenvalue weighted by atomic mass is 10.1. The molecule has 0 saturated heterocycles. The Morgan fingerprint density at radius 1 is 0.453 bits per heavy atom. The summed E-state index contributed by atoms with van der Waals surface area (Å²) in [5.41, 5.74) is 2.40. The maximum absolute atomic E-state index is 12.2. The number of hydrogen-bond donors (Lipinski definition) is 0. The third-order valence-electron chi connectivity index (χ3n) is 7.78. The molecule has 0 saturated carbocycles. The average molecular weight is 1060 g/mol. The normalized spacial score (nSPS) is 11.4. The molecule has 0 aliphatic rings. The third-order valence-corrected chi connectivity index (χ3v) is 12.5. The summed E-state index contributed by atoms with van der Waals surface area (Å²) in [5, 5.41) is 1.91. The fourth-order valence-electron chi connectivity index (χ4n) is 5.14. The highest BCUT2D eigenvalue weighted by molar-refractivity contribution is 9.09. The van der Waals surface area contributed by atoms with Crippen LogP contribution in [0.1, 0.15) is 49.2 Å². The number of hydrogen-bond acceptors (Lipinski definition) is 13. The van der Waals surface area contributed by atoms with E-state index in [-0.39, 0.29) is 12.3 Å². The summed E-state index contributed by atoms with van der Waals surface area (Å²) < 4.78 is 76.3. The van der Waals surface area contributed by atoms with Crippen molar-refractivity contribution >= 4 is 65.5 Å². The molecule has 0 N–H and O–H groups in total. The molecule has 64 heavy (non-hydrogen) atoms. The molecular weight excluding hydrogens is 994 g/mol. The van der Waals surface area contributed by atoms with Crippen LogP contribution in [0, 0.1) is 0 Å². The van der Waals surface area contributed by atoms with Crippen LogP contribution in [0.4, 0.5) is 0 Å². The van der Waals surface area contributed by atoms with Gasteiger partial charge in [0.25, 0.3) is 0 Å². The molecule has 0 spiro atoms. The molecule has 3 aromatic rings. The smallest absolute Gasteiger partial charge is 0.334 e. The molecule has 0 unspecified atom stereocenters. The number of carbonyl (C=O) groups excluding carboxylic acids is 1. The Labute approximate surface area is 398 Å². The Kier molecular flexibility index (Phi) is 35.0. The number of alkyl halides is 2. The van der Waals surface area contributed by atoms with E-state index in [0.29, 0.717) is 55.0 Å². The van der Waals surface area contributed by atoms with Crippen LogP contribution in [-0.4, -0.2) is 98.4 Å². The second-order valence-corrected chi connectivity index (χ2v) is 17.5. The van der Waals surface area contributed by atoms with Gasteiger partial charge in [-0.05, 0) is 52.0 Å². The predicted octanol–water partition coefficient (Wildman–Crippen LogP) is 12.9. The largest absolute Gasteiger partial charge is 0.493 e. The van der Waals surface area contributed by atoms with Gasteiger partial charge in [-0.2, -0.15) is 0 Å². The number of aldehydes is 1. The molecule has 0 radical (unpaired) electrons. The predicted molar refractivity (Wildman–Crippen MR) is 269 cm³/mol. The summed E-state index contributed by atoms with van der Waals surface area (Å²) in [5.74, 6) is 3.91. The van der Waals surface area contributed by atoms with Crippen molar-refractivity contribution in [1.82, 2.24) is 0 Å². The maximum atomic E-state index is 12.2. The molecule has 356 valence electrons. The van der Waals surface area contributed by atoms with E-state index in [1.807, 2.05) is 72.9 Å². The highest BCUT2D eigenvalue weighted by Crippen LogP contribution is 2.50. The van der Waals surface area contributed by atoms with E-state index in [9.17, 15) is 13.9 Å². The van der Waals surface area contributed by atoms with Gasteiger partial charge < -0.3 is 46.5 Å². The Balaban J connectivity index is 0.000000919. The first-order valence-electron chi connectivity index (χ1n) is 20.2. The molecule has 0 atom stereocenters. The molecule has 0 aliphatic carbocycles. The lowest BCUT2D eigenvalue weighted by Gasteiger charge is -2.16. The minimum Gasteiger partial charge on any atom is -0.493 e. The van der Waals surface area contributed by atoms with Crippen molar-refractivity contribution in [3.63, 3.8) is 0 Å². The van der Waals surface area contributed by atoms with Crippen molar-refractivity contribution in [3.8, 4) is 34.5 Å². The third kappa shape index (κ3) is 23.9. The van der Waals surface area contributed by atoms with E-state index in [1.54, 1.807) is 86.5 Å². The zero-order valence-electron chi connectivity index (χ0n) is 38.7. The molecule has 0 heterocycles. The van der Waals surface area contributed by atoms with Crippen LogP contribution in [0.3, 0.4) is 0 Å². The van der Waals surface area contributed by atoms with Crippen molar-refractivity contribution in [1.29, 1.82) is 0 Å². The summed E-state index contributed by atoms with van der Waals surface area (Å²) in [7, 11) is 3.38. The van der Waals surface area contributed by atoms with E-state index in [0.717, 1.165) is 39.6 Å². The van der Waals surface area contributed by atoms with Crippen LogP contribution in [0.5, 0.6) is 34.5 Å². The average Bonchev–Trinajstić information content (AvgIpc) is 3.31. The highest BCUT2D eigenvalue weighted by Gasteiger charge is 2.23. The van der Waals surface area contributed by atoms with Crippen LogP contribution < -0.4 is 28.4 Å². The SMILES string of the molecule is BrC/C=C/CBr.CCOP(=O)(C/C=C/CP(=O)(OCC)OCC)OCC.COc1cccc(/C=C/C=C/C=C/c2cccc(OC)c2OC)c1OC.COc1cccc(C=O)c1OC. The standard InChI is InChI=1S/C22H24O4.C12H26O6P2.C9H10O3.C4H6Br2/c1-23-19-15-9-13-17(21(19)25-3)11-7-5-6-8-12-18-14-10-16-20(24-2)22(18)26-4;1-5-15-19(13,16-6-2)11-9-10-12-20(14,17-7-3)18-8-4;1-11-8-5-3-4-7(6-10)9(8)12-2;5-3-1-2-4-6/h5-16H,1-4H3;9-10H,5-8,11-12H2,1-4H3;3-6H,1-2H3;1-2H,3-4H2/b6-5+,11-7+,12-8+;10-9+;;2-1+. The van der Waals surface area contributed by atoms with E-state index < -0.39 is 15.2 Å². The van der Waals surface area contributed by atoms with Gasteiger partial charge in [-0.25, -0.2) is 0 Å². The summed E-state index contributed by atoms with van der Waals surface area (Å²) in [4.78, 5) is 10.5. The zero-order valence-corrected chi connectivity index (χ0v) is 43.6. The van der Waals surface area contributed by atoms with Gasteiger partial charge in [0.2, 0.25) is 0 Å². The van der Waals surface area contributed by atoms with Gasteiger partial charge >= 0.3 is 15.2 Å². The lowest BCUT2D eigenvalue weighted by Crippen LogP contribution is -2.00. The number of methoxy groups -OCH3 is 6. The van der Waals surface area contributed by atoms with Crippen LogP contribution in [0.25, 0.3) is 12.2 Å². The van der Waals surface area contributed by atoms with Crippen molar-refractivity contribution in [2.24, 2.45) is 0 Å². The zero-order chi connectivity index (χ0) is 48.1. The second kappa shape index (κ2) is 37.3. The molecule has 3 rings (SSSR count). The molecule has 0 bridgehead atoms. The van der Waals surface area contributed by atoms with Crippen LogP contribution in [0.2, 0.25) is 0 Å². The molecule has 17 heteroatoms. The summed E-state index contributed by atoms with van der Waals surface area (Å²) in [6.07, 6.45) is 20.1. The number of allylic oxidation sites excluding steroid dienone is 8. The molecule has 0 aliphatic heterocycles. The Morgan fingerprint density at radius 2 is 0.766 bits per heavy atom. The van der Waals surface area contributed by atoms with Crippen molar-refractivity contribution in [3.05, 3.63) is 120 Å². The van der Waals surface area contributed by atoms with Crippen molar-refractivity contribution < 1.29 is 60.4 Å². The van der Waals surface area contributed by atoms with E-state index >= 15 is 0 Å². The van der Waals surface area contributed by atoms with Gasteiger partial charge in [-0.1, -0.05) is 123 Å². The van der Waals surface area contributed by atoms with Crippen LogP contribution in [0.15, 0.2) is 103 Å². The summed E-state index contributed by atoms with van der Waals surface area (Å²) in [6.45, 7) is 8.31. The molecule has 13 nitrogen and oxygen atoms in total.